The van der Waals surface area contributed by atoms with Crippen LogP contribution < -0.4 is 0 Å². The van der Waals surface area contributed by atoms with Gasteiger partial charge in [-0.15, -0.1) is 0 Å². The molecule has 1 aliphatic rings. The summed E-state index contributed by atoms with van der Waals surface area (Å²) in [6, 6.07) is 5.54. The second-order valence-electron chi connectivity index (χ2n) is 6.50. The highest BCUT2D eigenvalue weighted by Crippen LogP contribution is 2.41. The molecule has 0 amide bonds. The summed E-state index contributed by atoms with van der Waals surface area (Å²) in [7, 11) is 0. The predicted octanol–water partition coefficient (Wildman–Crippen LogP) is 4.23. The van der Waals surface area contributed by atoms with Gasteiger partial charge in [0.1, 0.15) is 6.10 Å². The first kappa shape index (κ1) is 17.2. The Kier molecular flexibility index (Phi) is 4.74. The first-order chi connectivity index (χ1) is 9.55. The molecule has 1 heterocycles. The summed E-state index contributed by atoms with van der Waals surface area (Å²) < 4.78 is 7.36. The summed E-state index contributed by atoms with van der Waals surface area (Å²) in [5, 5.41) is 11.6. The Morgan fingerprint density at radius 1 is 1.43 bits per heavy atom. The molecule has 1 unspecified atom stereocenters. The molecule has 0 saturated carbocycles. The lowest BCUT2D eigenvalue weighted by Crippen LogP contribution is -2.49. The zero-order valence-electron chi connectivity index (χ0n) is 12.5. The molecule has 0 aliphatic carbocycles. The summed E-state index contributed by atoms with van der Waals surface area (Å²) in [4.78, 5) is 12.4. The Morgan fingerprint density at radius 2 is 2.05 bits per heavy atom. The summed E-state index contributed by atoms with van der Waals surface area (Å²) in [6.07, 6.45) is 0.221. The number of rotatable bonds is 2. The first-order valence-corrected chi connectivity index (χ1v) is 8.58. The number of hydrogen-bond donors (Lipinski definition) is 1. The second-order valence-corrected chi connectivity index (χ2v) is 8.60. The number of hydroxylamine groups is 2. The van der Waals surface area contributed by atoms with Crippen LogP contribution in [0.4, 0.5) is 0 Å². The van der Waals surface area contributed by atoms with Gasteiger partial charge in [-0.1, -0.05) is 0 Å². The van der Waals surface area contributed by atoms with Crippen LogP contribution in [0.2, 0.25) is 0 Å². The minimum atomic E-state index is -0.617. The highest BCUT2D eigenvalue weighted by molar-refractivity contribution is 14.1. The van der Waals surface area contributed by atoms with Crippen LogP contribution in [-0.2, 0) is 4.74 Å². The molecule has 116 valence electrons. The van der Waals surface area contributed by atoms with Crippen LogP contribution >= 0.6 is 38.5 Å². The van der Waals surface area contributed by atoms with Crippen molar-refractivity contribution in [2.75, 3.05) is 0 Å². The van der Waals surface area contributed by atoms with Gasteiger partial charge in [-0.3, -0.25) is 0 Å². The standard InChI is InChI=1S/C15H19BrINO3/c1-14(2)8-12(15(3,4)18(14)20)21-13(19)10-7-9(17)5-6-11(10)16/h5-7,12,20H,8H2,1-4H3. The fourth-order valence-electron chi connectivity index (χ4n) is 2.74. The Labute approximate surface area is 147 Å². The Balaban J connectivity index is 2.22. The van der Waals surface area contributed by atoms with E-state index in [1.807, 2.05) is 39.8 Å². The minimum absolute atomic E-state index is 0.366. The first-order valence-electron chi connectivity index (χ1n) is 6.71. The number of nitrogens with zero attached hydrogens (tertiary/aromatic N) is 1. The molecular formula is C15H19BrINO3. The molecule has 21 heavy (non-hydrogen) atoms. The van der Waals surface area contributed by atoms with Crippen molar-refractivity contribution in [1.82, 2.24) is 5.06 Å². The molecule has 0 radical (unpaired) electrons. The highest BCUT2D eigenvalue weighted by Gasteiger charge is 2.53. The molecule has 1 N–H and O–H groups in total. The third-order valence-corrected chi connectivity index (χ3v) is 5.35. The van der Waals surface area contributed by atoms with E-state index in [9.17, 15) is 10.0 Å². The van der Waals surface area contributed by atoms with E-state index in [0.717, 1.165) is 3.57 Å². The van der Waals surface area contributed by atoms with Crippen LogP contribution in [-0.4, -0.2) is 33.4 Å². The highest BCUT2D eigenvalue weighted by atomic mass is 127. The number of hydrogen-bond acceptors (Lipinski definition) is 4. The van der Waals surface area contributed by atoms with E-state index in [-0.39, 0.29) is 12.1 Å². The van der Waals surface area contributed by atoms with Gasteiger partial charge in [0.2, 0.25) is 0 Å². The van der Waals surface area contributed by atoms with Gasteiger partial charge in [0.15, 0.2) is 0 Å². The van der Waals surface area contributed by atoms with Crippen LogP contribution in [0.25, 0.3) is 0 Å². The van der Waals surface area contributed by atoms with E-state index in [1.165, 1.54) is 5.06 Å². The van der Waals surface area contributed by atoms with Gasteiger partial charge in [-0.05, 0) is 84.4 Å². The SMILES string of the molecule is CC1(C)CC(OC(=O)c2cc(I)ccc2Br)C(C)(C)N1O. The van der Waals surface area contributed by atoms with Gasteiger partial charge in [0, 0.05) is 20.0 Å². The van der Waals surface area contributed by atoms with Crippen molar-refractivity contribution >= 4 is 44.5 Å². The predicted molar refractivity (Wildman–Crippen MR) is 92.5 cm³/mol. The topological polar surface area (TPSA) is 49.8 Å². The Bertz CT molecular complexity index is 574. The van der Waals surface area contributed by atoms with Crippen molar-refractivity contribution in [3.8, 4) is 0 Å². The van der Waals surface area contributed by atoms with Crippen molar-refractivity contribution in [2.45, 2.75) is 51.3 Å². The molecule has 2 rings (SSSR count). The molecule has 0 bridgehead atoms. The molecular weight excluding hydrogens is 449 g/mol. The summed E-state index contributed by atoms with van der Waals surface area (Å²) in [5.41, 5.74) is -0.531. The molecule has 1 fully saturated rings. The van der Waals surface area contributed by atoms with Gasteiger partial charge >= 0.3 is 5.97 Å². The zero-order valence-corrected chi connectivity index (χ0v) is 16.2. The lowest BCUT2D eigenvalue weighted by atomic mass is 9.97. The van der Waals surface area contributed by atoms with E-state index in [4.69, 9.17) is 4.74 Å². The fourth-order valence-corrected chi connectivity index (χ4v) is 3.64. The maximum absolute atomic E-state index is 12.4. The van der Waals surface area contributed by atoms with E-state index in [0.29, 0.717) is 16.5 Å². The maximum atomic E-state index is 12.4. The van der Waals surface area contributed by atoms with Gasteiger partial charge in [0.05, 0.1) is 11.1 Å². The van der Waals surface area contributed by atoms with Crippen molar-refractivity contribution in [2.24, 2.45) is 0 Å². The molecule has 0 spiro atoms. The Morgan fingerprint density at radius 3 is 2.57 bits per heavy atom. The number of benzene rings is 1. The van der Waals surface area contributed by atoms with Crippen molar-refractivity contribution in [1.29, 1.82) is 0 Å². The fraction of sp³-hybridized carbons (Fsp3) is 0.533. The molecule has 6 heteroatoms. The normalized spacial score (nSPS) is 24.0. The monoisotopic (exact) mass is 467 g/mol. The van der Waals surface area contributed by atoms with Crippen molar-refractivity contribution in [3.05, 3.63) is 31.8 Å². The molecule has 1 aromatic carbocycles. The number of ether oxygens (including phenoxy) is 1. The summed E-state index contributed by atoms with van der Waals surface area (Å²) in [6.45, 7) is 7.63. The molecule has 1 aromatic rings. The number of carbonyl (C=O) groups excluding carboxylic acids is 1. The van der Waals surface area contributed by atoms with Gasteiger partial charge < -0.3 is 9.94 Å². The molecule has 0 aromatic heterocycles. The summed E-state index contributed by atoms with van der Waals surface area (Å²) in [5.74, 6) is -0.371. The third-order valence-electron chi connectivity index (χ3n) is 3.99. The van der Waals surface area contributed by atoms with Crippen LogP contribution in [0.3, 0.4) is 0 Å². The van der Waals surface area contributed by atoms with Crippen molar-refractivity contribution in [3.63, 3.8) is 0 Å². The lowest BCUT2D eigenvalue weighted by Gasteiger charge is -2.35. The second kappa shape index (κ2) is 5.79. The van der Waals surface area contributed by atoms with Crippen molar-refractivity contribution < 1.29 is 14.7 Å². The molecule has 1 aliphatic heterocycles. The van der Waals surface area contributed by atoms with E-state index in [1.54, 1.807) is 6.07 Å². The number of esters is 1. The van der Waals surface area contributed by atoms with Gasteiger partial charge in [-0.25, -0.2) is 4.79 Å². The van der Waals surface area contributed by atoms with Crippen LogP contribution in [0.15, 0.2) is 22.7 Å². The smallest absolute Gasteiger partial charge is 0.339 e. The van der Waals surface area contributed by atoms with E-state index >= 15 is 0 Å². The zero-order chi connectivity index (χ0) is 16.0. The molecule has 4 nitrogen and oxygen atoms in total. The van der Waals surface area contributed by atoms with Crippen LogP contribution in [0.5, 0.6) is 0 Å². The van der Waals surface area contributed by atoms with Crippen LogP contribution in [0, 0.1) is 3.57 Å². The van der Waals surface area contributed by atoms with E-state index in [2.05, 4.69) is 38.5 Å². The third kappa shape index (κ3) is 3.28. The minimum Gasteiger partial charge on any atom is -0.457 e. The largest absolute Gasteiger partial charge is 0.457 e. The maximum Gasteiger partial charge on any atom is 0.339 e. The molecule has 1 atom stereocenters. The van der Waals surface area contributed by atoms with Gasteiger partial charge in [0.25, 0.3) is 0 Å². The van der Waals surface area contributed by atoms with Gasteiger partial charge in [-0.2, -0.15) is 5.06 Å². The lowest BCUT2D eigenvalue weighted by molar-refractivity contribution is -0.201. The summed E-state index contributed by atoms with van der Waals surface area (Å²) >= 11 is 5.54. The average Bonchev–Trinajstić information content (AvgIpc) is 2.53. The number of halogens is 2. The van der Waals surface area contributed by atoms with Crippen LogP contribution in [0.1, 0.15) is 44.5 Å². The average molecular weight is 468 g/mol. The molecule has 1 saturated heterocycles. The Hall–Kier alpha value is -0.180. The quantitative estimate of drug-likeness (QED) is 0.522. The van der Waals surface area contributed by atoms with E-state index < -0.39 is 11.1 Å². The number of carbonyl (C=O) groups is 1.